The summed E-state index contributed by atoms with van der Waals surface area (Å²) in [5.74, 6) is -0.821. The molecule has 21 heavy (non-hydrogen) atoms. The topological polar surface area (TPSA) is 46.5 Å². The highest BCUT2D eigenvalue weighted by atomic mass is 79.9. The minimum atomic E-state index is -1.04. The van der Waals surface area contributed by atoms with Crippen LogP contribution < -0.4 is 4.74 Å². The van der Waals surface area contributed by atoms with Crippen molar-refractivity contribution >= 4 is 39.6 Å². The van der Waals surface area contributed by atoms with E-state index in [2.05, 4.69) is 15.9 Å². The van der Waals surface area contributed by atoms with Gasteiger partial charge in [0.05, 0.1) is 9.50 Å². The summed E-state index contributed by atoms with van der Waals surface area (Å²) < 4.78 is 19.2. The molecule has 0 fully saturated rings. The molecule has 2 aromatic carbocycles. The fourth-order valence-corrected chi connectivity index (χ4v) is 2.01. The first-order valence-corrected chi connectivity index (χ1v) is 6.96. The number of aliphatic carboxylic acids is 1. The van der Waals surface area contributed by atoms with Gasteiger partial charge in [0.1, 0.15) is 17.3 Å². The van der Waals surface area contributed by atoms with E-state index in [1.165, 1.54) is 18.2 Å². The summed E-state index contributed by atoms with van der Waals surface area (Å²) in [4.78, 5) is 10.4. The van der Waals surface area contributed by atoms with E-state index in [1.807, 2.05) is 0 Å². The van der Waals surface area contributed by atoms with E-state index in [1.54, 1.807) is 24.3 Å². The van der Waals surface area contributed by atoms with Crippen molar-refractivity contribution in [2.45, 2.75) is 0 Å². The smallest absolute Gasteiger partial charge is 0.328 e. The van der Waals surface area contributed by atoms with Crippen molar-refractivity contribution < 1.29 is 19.0 Å². The third-order valence-electron chi connectivity index (χ3n) is 2.49. The lowest BCUT2D eigenvalue weighted by atomic mass is 10.2. The van der Waals surface area contributed by atoms with Gasteiger partial charge in [-0.25, -0.2) is 9.18 Å². The average Bonchev–Trinajstić information content (AvgIpc) is 2.43. The lowest BCUT2D eigenvalue weighted by Gasteiger charge is -2.08. The van der Waals surface area contributed by atoms with Gasteiger partial charge in [0.25, 0.3) is 0 Å². The summed E-state index contributed by atoms with van der Waals surface area (Å²) in [7, 11) is 0. The molecule has 0 spiro atoms. The molecule has 0 heterocycles. The molecule has 0 radical (unpaired) electrons. The maximum atomic E-state index is 13.4. The van der Waals surface area contributed by atoms with Crippen LogP contribution in [0.25, 0.3) is 6.08 Å². The van der Waals surface area contributed by atoms with Crippen LogP contribution in [0.1, 0.15) is 5.56 Å². The molecule has 6 heteroatoms. The van der Waals surface area contributed by atoms with Crippen molar-refractivity contribution in [1.29, 1.82) is 0 Å². The van der Waals surface area contributed by atoms with Crippen LogP contribution >= 0.6 is 27.5 Å². The molecule has 0 aliphatic heterocycles. The van der Waals surface area contributed by atoms with Crippen molar-refractivity contribution in [3.8, 4) is 11.5 Å². The number of carbonyl (C=O) groups is 1. The normalized spacial score (nSPS) is 10.8. The first kappa shape index (κ1) is 15.5. The Balaban J connectivity index is 2.21. The Kier molecular flexibility index (Phi) is 4.98. The molecule has 3 nitrogen and oxygen atoms in total. The number of hydrogen-bond donors (Lipinski definition) is 1. The monoisotopic (exact) mass is 370 g/mol. The molecular formula is C15H9BrClFO3. The van der Waals surface area contributed by atoms with Gasteiger partial charge < -0.3 is 9.84 Å². The predicted octanol–water partition coefficient (Wildman–Crippen LogP) is 5.13. The van der Waals surface area contributed by atoms with Crippen molar-refractivity contribution in [2.75, 3.05) is 0 Å². The Morgan fingerprint density at radius 3 is 2.67 bits per heavy atom. The maximum Gasteiger partial charge on any atom is 0.328 e. The summed E-state index contributed by atoms with van der Waals surface area (Å²) in [6.45, 7) is 0. The molecule has 2 aromatic rings. The highest BCUT2D eigenvalue weighted by Gasteiger charge is 2.06. The SMILES string of the molecule is O=C(O)/C=C/c1ccc(Oc2ccc(Br)c(F)c2)c(Cl)c1. The van der Waals surface area contributed by atoms with Crippen LogP contribution in [0.5, 0.6) is 11.5 Å². The quantitative estimate of drug-likeness (QED) is 0.758. The number of rotatable bonds is 4. The first-order valence-electron chi connectivity index (χ1n) is 5.79. The molecule has 0 aromatic heterocycles. The number of carboxylic acid groups (broad SMARTS) is 1. The summed E-state index contributed by atoms with van der Waals surface area (Å²) in [6.07, 6.45) is 2.42. The van der Waals surface area contributed by atoms with E-state index in [-0.39, 0.29) is 0 Å². The Morgan fingerprint density at radius 1 is 1.29 bits per heavy atom. The van der Waals surface area contributed by atoms with Crippen LogP contribution in [0.4, 0.5) is 4.39 Å². The zero-order valence-corrected chi connectivity index (χ0v) is 12.9. The van der Waals surface area contributed by atoms with E-state index >= 15 is 0 Å². The molecule has 2 rings (SSSR count). The molecule has 1 N–H and O–H groups in total. The van der Waals surface area contributed by atoms with E-state index in [0.29, 0.717) is 26.6 Å². The molecule has 108 valence electrons. The molecule has 0 amide bonds. The second-order valence-corrected chi connectivity index (χ2v) is 5.30. The molecule has 0 atom stereocenters. The summed E-state index contributed by atoms with van der Waals surface area (Å²) in [6, 6.07) is 9.16. The first-order chi connectivity index (χ1) is 9.95. The Morgan fingerprint density at radius 2 is 2.05 bits per heavy atom. The standard InChI is InChI=1S/C15H9BrClFO3/c16-11-4-3-10(8-13(11)18)21-14-5-1-9(7-12(14)17)2-6-15(19)20/h1-8H,(H,19,20)/b6-2+. The fourth-order valence-electron chi connectivity index (χ4n) is 1.54. The van der Waals surface area contributed by atoms with Crippen LogP contribution in [0.15, 0.2) is 46.9 Å². The number of benzene rings is 2. The largest absolute Gasteiger partial charge is 0.478 e. The second-order valence-electron chi connectivity index (χ2n) is 4.04. The maximum absolute atomic E-state index is 13.4. The Labute approximate surface area is 133 Å². The van der Waals surface area contributed by atoms with Gasteiger partial charge >= 0.3 is 5.97 Å². The van der Waals surface area contributed by atoms with Crippen molar-refractivity contribution in [3.63, 3.8) is 0 Å². The average molecular weight is 372 g/mol. The highest BCUT2D eigenvalue weighted by Crippen LogP contribution is 2.31. The van der Waals surface area contributed by atoms with E-state index < -0.39 is 11.8 Å². The van der Waals surface area contributed by atoms with Crippen molar-refractivity contribution in [2.24, 2.45) is 0 Å². The lowest BCUT2D eigenvalue weighted by molar-refractivity contribution is -0.131. The van der Waals surface area contributed by atoms with Gasteiger partial charge in [-0.2, -0.15) is 0 Å². The van der Waals surface area contributed by atoms with Crippen LogP contribution in [0.3, 0.4) is 0 Å². The predicted molar refractivity (Wildman–Crippen MR) is 82.3 cm³/mol. The second kappa shape index (κ2) is 6.74. The number of carboxylic acids is 1. The molecule has 0 bridgehead atoms. The Bertz CT molecular complexity index is 716. The van der Waals surface area contributed by atoms with Crippen LogP contribution in [-0.4, -0.2) is 11.1 Å². The van der Waals surface area contributed by atoms with Gasteiger partial charge in [-0.15, -0.1) is 0 Å². The van der Waals surface area contributed by atoms with Gasteiger partial charge in [-0.3, -0.25) is 0 Å². The van der Waals surface area contributed by atoms with Gasteiger partial charge in [-0.05, 0) is 51.8 Å². The van der Waals surface area contributed by atoms with Gasteiger partial charge in [-0.1, -0.05) is 17.7 Å². The van der Waals surface area contributed by atoms with Crippen molar-refractivity contribution in [3.05, 3.63) is 63.4 Å². The van der Waals surface area contributed by atoms with Crippen LogP contribution in [-0.2, 0) is 4.79 Å². The van der Waals surface area contributed by atoms with Gasteiger partial charge in [0.15, 0.2) is 0 Å². The highest BCUT2D eigenvalue weighted by molar-refractivity contribution is 9.10. The molecule has 0 unspecified atom stereocenters. The van der Waals surface area contributed by atoms with Crippen molar-refractivity contribution in [1.82, 2.24) is 0 Å². The van der Waals surface area contributed by atoms with E-state index in [0.717, 1.165) is 6.08 Å². The number of hydrogen-bond acceptors (Lipinski definition) is 2. The third-order valence-corrected chi connectivity index (χ3v) is 3.43. The number of ether oxygens (including phenoxy) is 1. The summed E-state index contributed by atoms with van der Waals surface area (Å²) in [5, 5.41) is 8.86. The summed E-state index contributed by atoms with van der Waals surface area (Å²) >= 11 is 9.11. The van der Waals surface area contributed by atoms with Gasteiger partial charge in [0, 0.05) is 12.1 Å². The van der Waals surface area contributed by atoms with Gasteiger partial charge in [0.2, 0.25) is 0 Å². The minimum Gasteiger partial charge on any atom is -0.478 e. The fraction of sp³-hybridized carbons (Fsp3) is 0. The Hall–Kier alpha value is -1.85. The minimum absolute atomic E-state index is 0.297. The van der Waals surface area contributed by atoms with E-state index in [9.17, 15) is 9.18 Å². The number of halogens is 3. The molecule has 0 saturated carbocycles. The molecule has 0 aliphatic rings. The third kappa shape index (κ3) is 4.31. The van der Waals surface area contributed by atoms with Crippen LogP contribution in [0, 0.1) is 5.82 Å². The molecular weight excluding hydrogens is 363 g/mol. The molecule has 0 saturated heterocycles. The zero-order valence-electron chi connectivity index (χ0n) is 10.5. The van der Waals surface area contributed by atoms with Crippen LogP contribution in [0.2, 0.25) is 5.02 Å². The summed E-state index contributed by atoms with van der Waals surface area (Å²) in [5.41, 5.74) is 0.622. The zero-order chi connectivity index (χ0) is 15.4. The van der Waals surface area contributed by atoms with E-state index in [4.69, 9.17) is 21.4 Å². The molecule has 0 aliphatic carbocycles. The lowest BCUT2D eigenvalue weighted by Crippen LogP contribution is -1.88.